The van der Waals surface area contributed by atoms with E-state index in [0.29, 0.717) is 22.6 Å². The Bertz CT molecular complexity index is 593. The van der Waals surface area contributed by atoms with E-state index >= 15 is 0 Å². The number of carbonyl (C=O) groups excluding carboxylic acids is 1. The van der Waals surface area contributed by atoms with E-state index in [1.807, 2.05) is 17.0 Å². The number of allylic oxidation sites excluding steroid dienone is 1. The van der Waals surface area contributed by atoms with Gasteiger partial charge in [-0.15, -0.1) is 0 Å². The predicted molar refractivity (Wildman–Crippen MR) is 103 cm³/mol. The van der Waals surface area contributed by atoms with Crippen LogP contribution in [0.5, 0.6) is 0 Å². The maximum Gasteiger partial charge on any atom is 0.250 e. The average Bonchev–Trinajstić information content (AvgIpc) is 3.40. The third-order valence-corrected chi connectivity index (χ3v) is 5.25. The van der Waals surface area contributed by atoms with Gasteiger partial charge >= 0.3 is 0 Å². The molecular formula is C20H27Cl2NO. The largest absolute Gasteiger partial charge is 0.332 e. The average molecular weight is 368 g/mol. The van der Waals surface area contributed by atoms with E-state index < -0.39 is 0 Å². The van der Waals surface area contributed by atoms with Crippen molar-refractivity contribution in [1.29, 1.82) is 0 Å². The molecule has 1 aliphatic carbocycles. The molecule has 0 atom stereocenters. The number of rotatable bonds is 9. The molecule has 1 aliphatic rings. The van der Waals surface area contributed by atoms with Gasteiger partial charge in [-0.05, 0) is 43.7 Å². The molecule has 0 bridgehead atoms. The summed E-state index contributed by atoms with van der Waals surface area (Å²) in [6.45, 7) is 4.81. The van der Waals surface area contributed by atoms with Crippen LogP contribution >= 0.6 is 23.2 Å². The Kier molecular flexibility index (Phi) is 7.64. The monoisotopic (exact) mass is 367 g/mol. The first kappa shape index (κ1) is 19.3. The summed E-state index contributed by atoms with van der Waals surface area (Å²) in [7, 11) is 0. The number of hydrogen-bond donors (Lipinski definition) is 0. The summed E-state index contributed by atoms with van der Waals surface area (Å²) in [5, 5.41) is 1.11. The summed E-state index contributed by atoms with van der Waals surface area (Å²) in [5.74, 6) is 0.173. The van der Waals surface area contributed by atoms with Crippen LogP contribution in [0.3, 0.4) is 0 Å². The van der Waals surface area contributed by atoms with E-state index in [1.54, 1.807) is 6.07 Å². The zero-order valence-electron chi connectivity index (χ0n) is 14.7. The van der Waals surface area contributed by atoms with Gasteiger partial charge < -0.3 is 4.90 Å². The number of unbranched alkanes of at least 4 members (excludes halogenated alkanes) is 2. The Balaban J connectivity index is 2.15. The third-order valence-electron chi connectivity index (χ3n) is 4.40. The highest BCUT2D eigenvalue weighted by atomic mass is 35.5. The van der Waals surface area contributed by atoms with Crippen molar-refractivity contribution in [2.45, 2.75) is 71.4 Å². The van der Waals surface area contributed by atoms with E-state index in [0.717, 1.165) is 56.1 Å². The molecule has 1 saturated carbocycles. The molecule has 2 nitrogen and oxygen atoms in total. The number of hydrogen-bond acceptors (Lipinski definition) is 1. The molecule has 0 heterocycles. The topological polar surface area (TPSA) is 20.3 Å². The lowest BCUT2D eigenvalue weighted by Crippen LogP contribution is -2.34. The molecule has 1 aromatic carbocycles. The summed E-state index contributed by atoms with van der Waals surface area (Å²) in [4.78, 5) is 15.1. The van der Waals surface area contributed by atoms with Crippen LogP contribution in [0.2, 0.25) is 10.0 Å². The standard InChI is InChI=1S/C20H27Cl2NO/c1-3-5-6-9-15(8-4-2)20(24)23(17-12-13-17)14-16-10-7-11-18(21)19(16)22/h7-8,10-11,17H,3-6,9,12-14H2,1-2H3. The molecule has 4 heteroatoms. The maximum absolute atomic E-state index is 13.1. The Labute approximate surface area is 155 Å². The lowest BCUT2D eigenvalue weighted by molar-refractivity contribution is -0.128. The minimum absolute atomic E-state index is 0.173. The first-order valence-corrected chi connectivity index (χ1v) is 9.76. The van der Waals surface area contributed by atoms with Crippen LogP contribution in [0.4, 0.5) is 0 Å². The Morgan fingerprint density at radius 1 is 1.25 bits per heavy atom. The zero-order valence-corrected chi connectivity index (χ0v) is 16.2. The van der Waals surface area contributed by atoms with Gasteiger partial charge in [0.25, 0.3) is 0 Å². The molecule has 0 aromatic heterocycles. The lowest BCUT2D eigenvalue weighted by Gasteiger charge is -2.25. The highest BCUT2D eigenvalue weighted by Gasteiger charge is 2.34. The summed E-state index contributed by atoms with van der Waals surface area (Å²) < 4.78 is 0. The van der Waals surface area contributed by atoms with Gasteiger partial charge in [0.15, 0.2) is 0 Å². The molecule has 1 fully saturated rings. The zero-order chi connectivity index (χ0) is 17.5. The second-order valence-corrected chi connectivity index (χ2v) is 7.26. The van der Waals surface area contributed by atoms with Crippen LogP contribution in [-0.4, -0.2) is 16.8 Å². The molecule has 1 amide bonds. The fourth-order valence-electron chi connectivity index (χ4n) is 2.90. The second-order valence-electron chi connectivity index (χ2n) is 6.47. The maximum atomic E-state index is 13.1. The Morgan fingerprint density at radius 2 is 2.00 bits per heavy atom. The van der Waals surface area contributed by atoms with E-state index in [2.05, 4.69) is 19.9 Å². The van der Waals surface area contributed by atoms with Crippen LogP contribution in [0.25, 0.3) is 0 Å². The van der Waals surface area contributed by atoms with Crippen LogP contribution in [0, 0.1) is 0 Å². The van der Waals surface area contributed by atoms with Crippen molar-refractivity contribution in [3.8, 4) is 0 Å². The summed E-state index contributed by atoms with van der Waals surface area (Å²) in [6, 6.07) is 5.98. The van der Waals surface area contributed by atoms with Gasteiger partial charge in [0.1, 0.15) is 0 Å². The Morgan fingerprint density at radius 3 is 2.62 bits per heavy atom. The van der Waals surface area contributed by atoms with E-state index in [-0.39, 0.29) is 5.91 Å². The number of nitrogens with zero attached hydrogens (tertiary/aromatic N) is 1. The fraction of sp³-hybridized carbons (Fsp3) is 0.550. The first-order valence-electron chi connectivity index (χ1n) is 9.01. The van der Waals surface area contributed by atoms with Crippen molar-refractivity contribution in [3.05, 3.63) is 45.5 Å². The number of carbonyl (C=O) groups is 1. The fourth-order valence-corrected chi connectivity index (χ4v) is 3.28. The van der Waals surface area contributed by atoms with Gasteiger partial charge in [-0.3, -0.25) is 4.79 Å². The summed E-state index contributed by atoms with van der Waals surface area (Å²) in [5.41, 5.74) is 1.88. The van der Waals surface area contributed by atoms with Crippen LogP contribution in [-0.2, 0) is 11.3 Å². The quantitative estimate of drug-likeness (QED) is 0.365. The SMILES string of the molecule is CCC=C(CCCCC)C(=O)N(Cc1cccc(Cl)c1Cl)C1CC1. The van der Waals surface area contributed by atoms with Crippen molar-refractivity contribution in [1.82, 2.24) is 4.90 Å². The number of halogens is 2. The lowest BCUT2D eigenvalue weighted by atomic mass is 10.0. The molecule has 2 rings (SSSR count). The third kappa shape index (κ3) is 5.26. The summed E-state index contributed by atoms with van der Waals surface area (Å²) >= 11 is 12.4. The van der Waals surface area contributed by atoms with Gasteiger partial charge in [0.05, 0.1) is 10.0 Å². The van der Waals surface area contributed by atoms with Gasteiger partial charge in [0.2, 0.25) is 5.91 Å². The van der Waals surface area contributed by atoms with Gasteiger partial charge in [0, 0.05) is 18.2 Å². The van der Waals surface area contributed by atoms with Gasteiger partial charge in [-0.25, -0.2) is 0 Å². The Hall–Kier alpha value is -0.990. The predicted octanol–water partition coefficient (Wildman–Crippen LogP) is 6.40. The molecule has 0 spiro atoms. The molecule has 0 N–H and O–H groups in total. The van der Waals surface area contributed by atoms with E-state index in [4.69, 9.17) is 23.2 Å². The minimum atomic E-state index is 0.173. The number of benzene rings is 1. The molecule has 0 saturated heterocycles. The van der Waals surface area contributed by atoms with Gasteiger partial charge in [-0.2, -0.15) is 0 Å². The molecule has 0 unspecified atom stereocenters. The van der Waals surface area contributed by atoms with Crippen LogP contribution in [0.1, 0.15) is 64.4 Å². The van der Waals surface area contributed by atoms with Crippen LogP contribution in [0.15, 0.2) is 29.8 Å². The van der Waals surface area contributed by atoms with Crippen molar-refractivity contribution in [3.63, 3.8) is 0 Å². The van der Waals surface area contributed by atoms with Crippen molar-refractivity contribution in [2.24, 2.45) is 0 Å². The minimum Gasteiger partial charge on any atom is -0.332 e. The molecule has 0 aliphatic heterocycles. The van der Waals surface area contributed by atoms with Crippen molar-refractivity contribution >= 4 is 29.1 Å². The summed E-state index contributed by atoms with van der Waals surface area (Å²) in [6.07, 6.45) is 9.42. The van der Waals surface area contributed by atoms with E-state index in [9.17, 15) is 4.79 Å². The smallest absolute Gasteiger partial charge is 0.250 e. The molecule has 132 valence electrons. The molecular weight excluding hydrogens is 341 g/mol. The van der Waals surface area contributed by atoms with Crippen molar-refractivity contribution in [2.75, 3.05) is 0 Å². The van der Waals surface area contributed by atoms with Crippen LogP contribution < -0.4 is 0 Å². The number of amides is 1. The normalized spacial score (nSPS) is 14.8. The molecule has 0 radical (unpaired) electrons. The highest BCUT2D eigenvalue weighted by Crippen LogP contribution is 2.33. The molecule has 24 heavy (non-hydrogen) atoms. The van der Waals surface area contributed by atoms with Gasteiger partial charge in [-0.1, -0.05) is 68.1 Å². The first-order chi connectivity index (χ1) is 11.6. The highest BCUT2D eigenvalue weighted by molar-refractivity contribution is 6.42. The van der Waals surface area contributed by atoms with E-state index in [1.165, 1.54) is 0 Å². The van der Waals surface area contributed by atoms with Crippen molar-refractivity contribution < 1.29 is 4.79 Å². The second kappa shape index (κ2) is 9.48. The molecule has 1 aromatic rings.